The van der Waals surface area contributed by atoms with Crippen LogP contribution in [0.15, 0.2) is 18.2 Å². The van der Waals surface area contributed by atoms with Gasteiger partial charge in [-0.3, -0.25) is 4.79 Å². The number of ether oxygens (including phenoxy) is 1. The highest BCUT2D eigenvalue weighted by Crippen LogP contribution is 2.28. The molecule has 0 saturated heterocycles. The van der Waals surface area contributed by atoms with Crippen molar-refractivity contribution in [3.05, 3.63) is 28.8 Å². The quantitative estimate of drug-likeness (QED) is 0.827. The summed E-state index contributed by atoms with van der Waals surface area (Å²) in [6.07, 6.45) is 2.40. The standard InChI is InChI=1S/C13H16ClNO3/c14-11-2-1-3-12(10(11)7-16)18-8-13(17)15-6-9-4-5-9/h1-3,9,16H,4-8H2,(H,15,17). The van der Waals surface area contributed by atoms with Gasteiger partial charge in [0.1, 0.15) is 5.75 Å². The molecule has 0 heterocycles. The molecule has 1 aromatic carbocycles. The van der Waals surface area contributed by atoms with Crippen molar-refractivity contribution in [1.29, 1.82) is 0 Å². The minimum Gasteiger partial charge on any atom is -0.483 e. The topological polar surface area (TPSA) is 58.6 Å². The summed E-state index contributed by atoms with van der Waals surface area (Å²) in [5.74, 6) is 0.949. The Morgan fingerprint density at radius 3 is 2.94 bits per heavy atom. The zero-order valence-corrected chi connectivity index (χ0v) is 10.7. The number of hydrogen-bond donors (Lipinski definition) is 2. The largest absolute Gasteiger partial charge is 0.483 e. The number of aliphatic hydroxyl groups is 1. The summed E-state index contributed by atoms with van der Waals surface area (Å²) in [6.45, 7) is 0.462. The Balaban J connectivity index is 1.84. The molecular weight excluding hydrogens is 254 g/mol. The summed E-state index contributed by atoms with van der Waals surface area (Å²) < 4.78 is 5.37. The van der Waals surface area contributed by atoms with Crippen molar-refractivity contribution in [1.82, 2.24) is 5.32 Å². The van der Waals surface area contributed by atoms with Gasteiger partial charge in [0.05, 0.1) is 6.61 Å². The van der Waals surface area contributed by atoms with E-state index in [2.05, 4.69) is 5.32 Å². The molecular formula is C13H16ClNO3. The minimum atomic E-state index is -0.210. The Morgan fingerprint density at radius 2 is 2.28 bits per heavy atom. The number of hydrogen-bond acceptors (Lipinski definition) is 3. The van der Waals surface area contributed by atoms with Gasteiger partial charge in [0.25, 0.3) is 5.91 Å². The molecule has 0 spiro atoms. The highest BCUT2D eigenvalue weighted by molar-refractivity contribution is 6.31. The Kier molecular flexibility index (Phi) is 4.44. The first-order valence-corrected chi connectivity index (χ1v) is 6.36. The fourth-order valence-corrected chi connectivity index (χ4v) is 1.83. The Hall–Kier alpha value is -1.26. The van der Waals surface area contributed by atoms with Crippen molar-refractivity contribution in [3.8, 4) is 5.75 Å². The van der Waals surface area contributed by atoms with Crippen LogP contribution in [0.5, 0.6) is 5.75 Å². The van der Waals surface area contributed by atoms with E-state index in [9.17, 15) is 9.90 Å². The predicted octanol–water partition coefficient (Wildman–Crippen LogP) is 1.74. The Labute approximate surface area is 111 Å². The van der Waals surface area contributed by atoms with E-state index < -0.39 is 0 Å². The van der Waals surface area contributed by atoms with E-state index in [1.54, 1.807) is 18.2 Å². The van der Waals surface area contributed by atoms with Crippen molar-refractivity contribution < 1.29 is 14.6 Å². The van der Waals surface area contributed by atoms with Crippen LogP contribution in [-0.4, -0.2) is 24.2 Å². The van der Waals surface area contributed by atoms with E-state index in [1.165, 1.54) is 12.8 Å². The van der Waals surface area contributed by atoms with E-state index in [-0.39, 0.29) is 19.1 Å². The van der Waals surface area contributed by atoms with Gasteiger partial charge in [-0.25, -0.2) is 0 Å². The van der Waals surface area contributed by atoms with Gasteiger partial charge in [0, 0.05) is 17.1 Å². The Bertz CT molecular complexity index is 432. The van der Waals surface area contributed by atoms with Gasteiger partial charge in [-0.15, -0.1) is 0 Å². The molecule has 2 rings (SSSR count). The van der Waals surface area contributed by atoms with Gasteiger partial charge in [0.2, 0.25) is 0 Å². The van der Waals surface area contributed by atoms with Crippen LogP contribution in [0, 0.1) is 5.92 Å². The van der Waals surface area contributed by atoms with Gasteiger partial charge < -0.3 is 15.2 Å². The number of nitrogens with one attached hydrogen (secondary N) is 1. The summed E-state index contributed by atoms with van der Waals surface area (Å²) in [6, 6.07) is 5.08. The maximum atomic E-state index is 11.5. The lowest BCUT2D eigenvalue weighted by Crippen LogP contribution is -2.30. The molecule has 4 nitrogen and oxygen atoms in total. The molecule has 1 fully saturated rings. The molecule has 0 aliphatic heterocycles. The van der Waals surface area contributed by atoms with Crippen molar-refractivity contribution in [2.75, 3.05) is 13.2 Å². The number of benzene rings is 1. The van der Waals surface area contributed by atoms with E-state index in [0.29, 0.717) is 22.3 Å². The molecule has 0 bridgehead atoms. The SMILES string of the molecule is O=C(COc1cccc(Cl)c1CO)NCC1CC1. The molecule has 1 saturated carbocycles. The number of carbonyl (C=O) groups excluding carboxylic acids is 1. The monoisotopic (exact) mass is 269 g/mol. The summed E-state index contributed by atoms with van der Waals surface area (Å²) in [7, 11) is 0. The van der Waals surface area contributed by atoms with Crippen LogP contribution in [0.1, 0.15) is 18.4 Å². The second-order valence-corrected chi connectivity index (χ2v) is 4.82. The van der Waals surface area contributed by atoms with Crippen molar-refractivity contribution in [2.45, 2.75) is 19.4 Å². The zero-order valence-electron chi connectivity index (χ0n) is 9.99. The van der Waals surface area contributed by atoms with Gasteiger partial charge in [-0.1, -0.05) is 17.7 Å². The van der Waals surface area contributed by atoms with Crippen molar-refractivity contribution in [3.63, 3.8) is 0 Å². The predicted molar refractivity (Wildman–Crippen MR) is 68.6 cm³/mol. The Morgan fingerprint density at radius 1 is 1.50 bits per heavy atom. The van der Waals surface area contributed by atoms with Crippen molar-refractivity contribution in [2.24, 2.45) is 5.92 Å². The summed E-state index contributed by atoms with van der Waals surface area (Å²) in [4.78, 5) is 11.5. The summed E-state index contributed by atoms with van der Waals surface area (Å²) >= 11 is 5.92. The maximum absolute atomic E-state index is 11.5. The smallest absolute Gasteiger partial charge is 0.257 e. The van der Waals surface area contributed by atoms with Crippen LogP contribution in [0.4, 0.5) is 0 Å². The number of halogens is 1. The number of rotatable bonds is 6. The van der Waals surface area contributed by atoms with Crippen LogP contribution in [0.3, 0.4) is 0 Å². The zero-order chi connectivity index (χ0) is 13.0. The third kappa shape index (κ3) is 3.62. The molecule has 1 aromatic rings. The van der Waals surface area contributed by atoms with E-state index in [0.717, 1.165) is 6.54 Å². The van der Waals surface area contributed by atoms with E-state index in [4.69, 9.17) is 16.3 Å². The number of amides is 1. The molecule has 0 unspecified atom stereocenters. The average molecular weight is 270 g/mol. The van der Waals surface area contributed by atoms with Crippen LogP contribution in [-0.2, 0) is 11.4 Å². The molecule has 1 aliphatic rings. The van der Waals surface area contributed by atoms with E-state index in [1.807, 2.05) is 0 Å². The average Bonchev–Trinajstić information content (AvgIpc) is 3.18. The minimum absolute atomic E-state index is 0.0555. The van der Waals surface area contributed by atoms with Crippen LogP contribution in [0.2, 0.25) is 5.02 Å². The highest BCUT2D eigenvalue weighted by Gasteiger charge is 2.21. The van der Waals surface area contributed by atoms with Crippen LogP contribution < -0.4 is 10.1 Å². The van der Waals surface area contributed by atoms with Gasteiger partial charge >= 0.3 is 0 Å². The highest BCUT2D eigenvalue weighted by atomic mass is 35.5. The lowest BCUT2D eigenvalue weighted by atomic mass is 10.2. The molecule has 0 aromatic heterocycles. The second-order valence-electron chi connectivity index (χ2n) is 4.41. The maximum Gasteiger partial charge on any atom is 0.257 e. The number of carbonyl (C=O) groups is 1. The van der Waals surface area contributed by atoms with Crippen LogP contribution in [0.25, 0.3) is 0 Å². The molecule has 2 N–H and O–H groups in total. The normalized spacial score (nSPS) is 14.3. The first-order valence-electron chi connectivity index (χ1n) is 5.98. The first kappa shape index (κ1) is 13.2. The van der Waals surface area contributed by atoms with Gasteiger partial charge in [-0.05, 0) is 30.9 Å². The third-order valence-electron chi connectivity index (χ3n) is 2.88. The van der Waals surface area contributed by atoms with Gasteiger partial charge in [0.15, 0.2) is 6.61 Å². The molecule has 1 amide bonds. The first-order chi connectivity index (χ1) is 8.70. The summed E-state index contributed by atoms with van der Waals surface area (Å²) in [5.41, 5.74) is 0.508. The lowest BCUT2D eigenvalue weighted by molar-refractivity contribution is -0.123. The number of aliphatic hydroxyl groups excluding tert-OH is 1. The molecule has 0 atom stereocenters. The fourth-order valence-electron chi connectivity index (χ4n) is 1.60. The van der Waals surface area contributed by atoms with Gasteiger partial charge in [-0.2, -0.15) is 0 Å². The molecule has 0 radical (unpaired) electrons. The molecule has 98 valence electrons. The van der Waals surface area contributed by atoms with Crippen LogP contribution >= 0.6 is 11.6 Å². The lowest BCUT2D eigenvalue weighted by Gasteiger charge is -2.11. The second kappa shape index (κ2) is 6.07. The fraction of sp³-hybridized carbons (Fsp3) is 0.462. The molecule has 18 heavy (non-hydrogen) atoms. The summed E-state index contributed by atoms with van der Waals surface area (Å²) in [5, 5.41) is 12.4. The molecule has 1 aliphatic carbocycles. The van der Waals surface area contributed by atoms with Crippen molar-refractivity contribution >= 4 is 17.5 Å². The third-order valence-corrected chi connectivity index (χ3v) is 3.23. The van der Waals surface area contributed by atoms with E-state index >= 15 is 0 Å². The molecule has 5 heteroatoms.